The molecule has 1 fully saturated rings. The van der Waals surface area contributed by atoms with E-state index in [1.165, 1.54) is 0 Å². The summed E-state index contributed by atoms with van der Waals surface area (Å²) in [6.45, 7) is 0.659. The lowest BCUT2D eigenvalue weighted by atomic mass is 9.97. The highest BCUT2D eigenvalue weighted by Gasteiger charge is 2.24. The summed E-state index contributed by atoms with van der Waals surface area (Å²) in [4.78, 5) is 11.1. The van der Waals surface area contributed by atoms with Crippen molar-refractivity contribution in [3.8, 4) is 6.07 Å². The standard InChI is InChI=1S/C11H9BrN2O/c12-10-2-1-7(5-13)3-9(10)8-4-11(15)14-6-8/h1-3,8H,4,6H2,(H,14,15). The van der Waals surface area contributed by atoms with Gasteiger partial charge in [-0.25, -0.2) is 0 Å². The van der Waals surface area contributed by atoms with Crippen molar-refractivity contribution in [2.24, 2.45) is 0 Å². The van der Waals surface area contributed by atoms with Crippen molar-refractivity contribution in [1.82, 2.24) is 5.32 Å². The van der Waals surface area contributed by atoms with Gasteiger partial charge in [0.2, 0.25) is 5.91 Å². The third-order valence-electron chi connectivity index (χ3n) is 2.54. The van der Waals surface area contributed by atoms with Gasteiger partial charge < -0.3 is 5.32 Å². The molecule has 1 atom stereocenters. The van der Waals surface area contributed by atoms with Crippen molar-refractivity contribution in [2.45, 2.75) is 12.3 Å². The number of rotatable bonds is 1. The Morgan fingerprint density at radius 1 is 1.53 bits per heavy atom. The fourth-order valence-electron chi connectivity index (χ4n) is 1.75. The highest BCUT2D eigenvalue weighted by molar-refractivity contribution is 9.10. The highest BCUT2D eigenvalue weighted by Crippen LogP contribution is 2.30. The molecule has 1 aromatic carbocycles. The molecule has 0 aliphatic carbocycles. The molecule has 1 N–H and O–H groups in total. The number of amides is 1. The van der Waals surface area contributed by atoms with Crippen LogP contribution >= 0.6 is 15.9 Å². The third-order valence-corrected chi connectivity index (χ3v) is 3.26. The summed E-state index contributed by atoms with van der Waals surface area (Å²) in [5.41, 5.74) is 1.67. The number of nitrogens with zero attached hydrogens (tertiary/aromatic N) is 1. The van der Waals surface area contributed by atoms with Gasteiger partial charge in [0.05, 0.1) is 11.6 Å². The predicted molar refractivity (Wildman–Crippen MR) is 59.2 cm³/mol. The molecule has 76 valence electrons. The van der Waals surface area contributed by atoms with Crippen LogP contribution < -0.4 is 5.32 Å². The Morgan fingerprint density at radius 3 is 2.93 bits per heavy atom. The van der Waals surface area contributed by atoms with Crippen LogP contribution in [-0.2, 0) is 4.79 Å². The summed E-state index contributed by atoms with van der Waals surface area (Å²) < 4.78 is 0.961. The molecule has 0 aromatic heterocycles. The van der Waals surface area contributed by atoms with E-state index in [0.29, 0.717) is 18.5 Å². The van der Waals surface area contributed by atoms with Gasteiger partial charge in [0.15, 0.2) is 0 Å². The summed E-state index contributed by atoms with van der Waals surface area (Å²) in [5.74, 6) is 0.259. The Kier molecular flexibility index (Phi) is 2.74. The van der Waals surface area contributed by atoms with Gasteiger partial charge in [0.1, 0.15) is 0 Å². The van der Waals surface area contributed by atoms with Crippen molar-refractivity contribution in [1.29, 1.82) is 5.26 Å². The van der Waals surface area contributed by atoms with E-state index in [0.717, 1.165) is 10.0 Å². The maximum absolute atomic E-state index is 11.1. The number of carbonyl (C=O) groups excluding carboxylic acids is 1. The summed E-state index contributed by atoms with van der Waals surface area (Å²) in [6.07, 6.45) is 0.507. The van der Waals surface area contributed by atoms with Gasteiger partial charge in [-0.2, -0.15) is 5.26 Å². The lowest BCUT2D eigenvalue weighted by Gasteiger charge is -2.10. The lowest BCUT2D eigenvalue weighted by molar-refractivity contribution is -0.119. The molecule has 2 rings (SSSR count). The van der Waals surface area contributed by atoms with Crippen molar-refractivity contribution in [3.05, 3.63) is 33.8 Å². The molecule has 1 unspecified atom stereocenters. The first-order chi connectivity index (χ1) is 7.20. The molecule has 1 aliphatic heterocycles. The number of nitriles is 1. The van der Waals surface area contributed by atoms with Gasteiger partial charge in [-0.05, 0) is 23.8 Å². The molecule has 1 saturated heterocycles. The zero-order valence-electron chi connectivity index (χ0n) is 7.96. The first-order valence-corrected chi connectivity index (χ1v) is 5.46. The first kappa shape index (κ1) is 10.2. The second-order valence-electron chi connectivity index (χ2n) is 3.55. The molecule has 1 amide bonds. The molecule has 15 heavy (non-hydrogen) atoms. The molecule has 0 saturated carbocycles. The number of halogens is 1. The van der Waals surface area contributed by atoms with E-state index in [9.17, 15) is 4.79 Å². The van der Waals surface area contributed by atoms with E-state index in [-0.39, 0.29) is 11.8 Å². The van der Waals surface area contributed by atoms with Crippen LogP contribution in [-0.4, -0.2) is 12.5 Å². The normalized spacial score (nSPS) is 19.7. The lowest BCUT2D eigenvalue weighted by Crippen LogP contribution is -2.13. The van der Waals surface area contributed by atoms with E-state index in [1.807, 2.05) is 12.1 Å². The van der Waals surface area contributed by atoms with E-state index in [4.69, 9.17) is 5.26 Å². The number of carbonyl (C=O) groups is 1. The van der Waals surface area contributed by atoms with Crippen molar-refractivity contribution in [2.75, 3.05) is 6.54 Å². The quantitative estimate of drug-likeness (QED) is 0.843. The van der Waals surface area contributed by atoms with Gasteiger partial charge in [-0.15, -0.1) is 0 Å². The van der Waals surface area contributed by atoms with Gasteiger partial charge in [-0.1, -0.05) is 15.9 Å². The molecule has 0 spiro atoms. The summed E-state index contributed by atoms with van der Waals surface area (Å²) in [7, 11) is 0. The van der Waals surface area contributed by atoms with Crippen LogP contribution in [0.2, 0.25) is 0 Å². The molecular weight excluding hydrogens is 256 g/mol. The van der Waals surface area contributed by atoms with Crippen LogP contribution in [0.25, 0.3) is 0 Å². The van der Waals surface area contributed by atoms with E-state index in [1.54, 1.807) is 6.07 Å². The molecule has 0 radical (unpaired) electrons. The maximum Gasteiger partial charge on any atom is 0.220 e. The summed E-state index contributed by atoms with van der Waals surface area (Å²) in [5, 5.41) is 11.6. The smallest absolute Gasteiger partial charge is 0.220 e. The highest BCUT2D eigenvalue weighted by atomic mass is 79.9. The van der Waals surface area contributed by atoms with E-state index >= 15 is 0 Å². The second-order valence-corrected chi connectivity index (χ2v) is 4.41. The number of benzene rings is 1. The number of hydrogen-bond donors (Lipinski definition) is 1. The monoisotopic (exact) mass is 264 g/mol. The summed E-state index contributed by atoms with van der Waals surface area (Å²) >= 11 is 3.44. The van der Waals surface area contributed by atoms with Gasteiger partial charge in [0.25, 0.3) is 0 Å². The Bertz CT molecular complexity index is 450. The minimum Gasteiger partial charge on any atom is -0.355 e. The molecule has 4 heteroatoms. The number of nitrogens with one attached hydrogen (secondary N) is 1. The zero-order valence-corrected chi connectivity index (χ0v) is 9.54. The van der Waals surface area contributed by atoms with Gasteiger partial charge >= 0.3 is 0 Å². The van der Waals surface area contributed by atoms with Crippen LogP contribution in [0.3, 0.4) is 0 Å². The predicted octanol–water partition coefficient (Wildman–Crippen LogP) is 1.92. The average molecular weight is 265 g/mol. The Morgan fingerprint density at radius 2 is 2.33 bits per heavy atom. The van der Waals surface area contributed by atoms with E-state index in [2.05, 4.69) is 27.3 Å². The van der Waals surface area contributed by atoms with E-state index < -0.39 is 0 Å². The largest absolute Gasteiger partial charge is 0.355 e. The first-order valence-electron chi connectivity index (χ1n) is 4.67. The fraction of sp³-hybridized carbons (Fsp3) is 0.273. The molecule has 1 aliphatic rings. The zero-order chi connectivity index (χ0) is 10.8. The van der Waals surface area contributed by atoms with Crippen molar-refractivity contribution >= 4 is 21.8 Å². The van der Waals surface area contributed by atoms with Gasteiger partial charge in [-0.3, -0.25) is 4.79 Å². The van der Waals surface area contributed by atoms with Crippen LogP contribution in [0.1, 0.15) is 23.5 Å². The van der Waals surface area contributed by atoms with Gasteiger partial charge in [0, 0.05) is 23.4 Å². The SMILES string of the molecule is N#Cc1ccc(Br)c(C2CNC(=O)C2)c1. The third kappa shape index (κ3) is 2.02. The molecule has 1 aromatic rings. The minimum atomic E-state index is 0.0780. The Balaban J connectivity index is 2.35. The van der Waals surface area contributed by atoms with Crippen LogP contribution in [0.5, 0.6) is 0 Å². The maximum atomic E-state index is 11.1. The minimum absolute atomic E-state index is 0.0780. The fourth-order valence-corrected chi connectivity index (χ4v) is 2.32. The van der Waals surface area contributed by atoms with Crippen molar-refractivity contribution < 1.29 is 4.79 Å². The number of hydrogen-bond acceptors (Lipinski definition) is 2. The molecule has 0 bridgehead atoms. The average Bonchev–Trinajstić information content (AvgIpc) is 2.65. The molecule has 1 heterocycles. The topological polar surface area (TPSA) is 52.9 Å². The van der Waals surface area contributed by atoms with Crippen LogP contribution in [0.4, 0.5) is 0 Å². The molecule has 3 nitrogen and oxygen atoms in total. The molecular formula is C11H9BrN2O. The van der Waals surface area contributed by atoms with Crippen molar-refractivity contribution in [3.63, 3.8) is 0 Å². The van der Waals surface area contributed by atoms with Crippen LogP contribution in [0.15, 0.2) is 22.7 Å². The van der Waals surface area contributed by atoms with Crippen LogP contribution in [0, 0.1) is 11.3 Å². The Hall–Kier alpha value is -1.34. The summed E-state index contributed by atoms with van der Waals surface area (Å²) in [6, 6.07) is 7.56. The Labute approximate surface area is 96.2 Å². The second kappa shape index (κ2) is 4.03.